The summed E-state index contributed by atoms with van der Waals surface area (Å²) < 4.78 is 46.2. The number of benzene rings is 1. The fourth-order valence-electron chi connectivity index (χ4n) is 3.76. The number of anilines is 1. The predicted octanol–water partition coefficient (Wildman–Crippen LogP) is 2.94. The normalized spacial score (nSPS) is 20.6. The van der Waals surface area contributed by atoms with Crippen molar-refractivity contribution in [1.29, 1.82) is 0 Å². The fourth-order valence-corrected chi connectivity index (χ4v) is 3.76. The van der Waals surface area contributed by atoms with E-state index < -0.39 is 28.3 Å². The molecule has 1 aliphatic carbocycles. The van der Waals surface area contributed by atoms with Crippen LogP contribution in [0.15, 0.2) is 17.1 Å². The van der Waals surface area contributed by atoms with E-state index >= 15 is 4.39 Å². The molecular weight excluding hydrogens is 331 g/mol. The van der Waals surface area contributed by atoms with Crippen LogP contribution in [0.5, 0.6) is 0 Å². The molecule has 0 amide bonds. The number of aromatic nitrogens is 1. The number of nitrogens with one attached hydrogen (secondary N) is 1. The van der Waals surface area contributed by atoms with Crippen molar-refractivity contribution >= 4 is 16.6 Å². The van der Waals surface area contributed by atoms with E-state index in [1.165, 1.54) is 17.2 Å². The smallest absolute Gasteiger partial charge is 0.192 e. The number of fused-ring (bicyclic) bond motifs is 1. The Hall–Kier alpha value is -2.02. The monoisotopic (exact) mass is 351 g/mol. The lowest BCUT2D eigenvalue weighted by molar-refractivity contribution is 0.500. The van der Waals surface area contributed by atoms with Gasteiger partial charge in [0.15, 0.2) is 22.9 Å². The number of hydrogen-bond acceptors (Lipinski definition) is 3. The zero-order valence-corrected chi connectivity index (χ0v) is 14.0. The van der Waals surface area contributed by atoms with E-state index in [4.69, 9.17) is 0 Å². The van der Waals surface area contributed by atoms with Gasteiger partial charge < -0.3 is 14.8 Å². The Morgan fingerprint density at radius 1 is 1.16 bits per heavy atom. The first kappa shape index (κ1) is 16.4. The van der Waals surface area contributed by atoms with Crippen LogP contribution in [0.2, 0.25) is 0 Å². The third-order valence-corrected chi connectivity index (χ3v) is 5.10. The van der Waals surface area contributed by atoms with Crippen molar-refractivity contribution in [2.24, 2.45) is 0 Å². The molecule has 2 aromatic rings. The average molecular weight is 351 g/mol. The second-order valence-electron chi connectivity index (χ2n) is 6.82. The molecular formula is C18H20F3N3O. The molecule has 2 heterocycles. The van der Waals surface area contributed by atoms with E-state index in [0.717, 1.165) is 25.8 Å². The fraction of sp³-hybridized carbons (Fsp3) is 0.500. The molecule has 1 unspecified atom stereocenters. The highest BCUT2D eigenvalue weighted by Crippen LogP contribution is 2.40. The summed E-state index contributed by atoms with van der Waals surface area (Å²) in [7, 11) is 0. The Morgan fingerprint density at radius 3 is 2.60 bits per heavy atom. The molecule has 0 spiro atoms. The lowest BCUT2D eigenvalue weighted by Gasteiger charge is -2.22. The van der Waals surface area contributed by atoms with Gasteiger partial charge in [0.1, 0.15) is 5.69 Å². The zero-order valence-electron chi connectivity index (χ0n) is 14.0. The third kappa shape index (κ3) is 2.61. The number of pyridine rings is 1. The quantitative estimate of drug-likeness (QED) is 0.861. The molecule has 2 fully saturated rings. The van der Waals surface area contributed by atoms with Crippen LogP contribution in [0.4, 0.5) is 18.9 Å². The summed E-state index contributed by atoms with van der Waals surface area (Å²) in [6, 6.07) is 1.34. The SMILES string of the molecule is CCNC1CCN(c2c(F)c(F)c3c(=O)ccn(C4CC4)c3c2F)C1. The largest absolute Gasteiger partial charge is 0.365 e. The van der Waals surface area contributed by atoms with Crippen molar-refractivity contribution in [2.75, 3.05) is 24.5 Å². The molecule has 0 bridgehead atoms. The Labute approximate surface area is 143 Å². The van der Waals surface area contributed by atoms with Gasteiger partial charge in [-0.1, -0.05) is 6.92 Å². The van der Waals surface area contributed by atoms with Gasteiger partial charge in [-0.25, -0.2) is 13.2 Å². The average Bonchev–Trinajstić information content (AvgIpc) is 3.33. The molecule has 0 radical (unpaired) electrons. The highest BCUT2D eigenvalue weighted by Gasteiger charge is 2.33. The molecule has 1 aliphatic heterocycles. The Morgan fingerprint density at radius 2 is 1.92 bits per heavy atom. The van der Waals surface area contributed by atoms with Gasteiger partial charge in [0.05, 0.1) is 10.9 Å². The van der Waals surface area contributed by atoms with Gasteiger partial charge >= 0.3 is 0 Å². The van der Waals surface area contributed by atoms with Crippen molar-refractivity contribution in [3.05, 3.63) is 39.9 Å². The lowest BCUT2D eigenvalue weighted by Crippen LogP contribution is -2.33. The molecule has 1 saturated carbocycles. The minimum absolute atomic E-state index is 0.0448. The standard InChI is InChI=1S/C18H20F3N3O/c1-2-22-10-5-7-23(9-10)18-15(20)14(19)13-12(25)6-8-24(11-3-4-11)17(13)16(18)21/h6,8,10-11,22H,2-5,7,9H2,1H3. The molecule has 25 heavy (non-hydrogen) atoms. The molecule has 134 valence electrons. The molecule has 1 aromatic heterocycles. The van der Waals surface area contributed by atoms with Crippen molar-refractivity contribution < 1.29 is 13.2 Å². The topological polar surface area (TPSA) is 37.3 Å². The van der Waals surface area contributed by atoms with Gasteiger partial charge in [0.25, 0.3) is 0 Å². The van der Waals surface area contributed by atoms with E-state index in [1.54, 1.807) is 4.57 Å². The lowest BCUT2D eigenvalue weighted by atomic mass is 10.1. The van der Waals surface area contributed by atoms with E-state index in [1.807, 2.05) is 6.92 Å². The highest BCUT2D eigenvalue weighted by molar-refractivity contribution is 5.85. The number of nitrogens with zero attached hydrogens (tertiary/aromatic N) is 2. The van der Waals surface area contributed by atoms with Crippen molar-refractivity contribution in [1.82, 2.24) is 9.88 Å². The summed E-state index contributed by atoms with van der Waals surface area (Å²) in [5, 5.41) is 2.76. The molecule has 1 aromatic carbocycles. The van der Waals surface area contributed by atoms with Crippen molar-refractivity contribution in [3.8, 4) is 0 Å². The maximum absolute atomic E-state index is 15.3. The van der Waals surface area contributed by atoms with Crippen LogP contribution >= 0.6 is 0 Å². The molecule has 1 atom stereocenters. The second-order valence-corrected chi connectivity index (χ2v) is 6.82. The van der Waals surface area contributed by atoms with Crippen molar-refractivity contribution in [2.45, 2.75) is 38.3 Å². The van der Waals surface area contributed by atoms with Crippen LogP contribution in [0.1, 0.15) is 32.2 Å². The van der Waals surface area contributed by atoms with Crippen LogP contribution in [0.3, 0.4) is 0 Å². The van der Waals surface area contributed by atoms with Gasteiger partial charge in [-0.3, -0.25) is 4.79 Å². The number of hydrogen-bond donors (Lipinski definition) is 1. The van der Waals surface area contributed by atoms with Crippen LogP contribution in [-0.2, 0) is 0 Å². The summed E-state index contributed by atoms with van der Waals surface area (Å²) in [5.41, 5.74) is -1.16. The van der Waals surface area contributed by atoms with E-state index in [0.29, 0.717) is 13.1 Å². The number of halogens is 3. The molecule has 1 saturated heterocycles. The molecule has 7 heteroatoms. The maximum atomic E-state index is 15.3. The van der Waals surface area contributed by atoms with E-state index in [-0.39, 0.29) is 23.3 Å². The van der Waals surface area contributed by atoms with Gasteiger partial charge in [0, 0.05) is 37.4 Å². The first-order chi connectivity index (χ1) is 12.0. The summed E-state index contributed by atoms with van der Waals surface area (Å²) >= 11 is 0. The number of rotatable bonds is 4. The van der Waals surface area contributed by atoms with E-state index in [2.05, 4.69) is 5.32 Å². The third-order valence-electron chi connectivity index (χ3n) is 5.10. The van der Waals surface area contributed by atoms with Gasteiger partial charge in [0.2, 0.25) is 0 Å². The van der Waals surface area contributed by atoms with Crippen LogP contribution in [0, 0.1) is 17.5 Å². The highest BCUT2D eigenvalue weighted by atomic mass is 19.2. The first-order valence-electron chi connectivity index (χ1n) is 8.72. The summed E-state index contributed by atoms with van der Waals surface area (Å²) in [6.07, 6.45) is 3.91. The van der Waals surface area contributed by atoms with Gasteiger partial charge in [-0.2, -0.15) is 0 Å². The zero-order chi connectivity index (χ0) is 17.7. The molecule has 4 rings (SSSR count). The maximum Gasteiger partial charge on any atom is 0.192 e. The second kappa shape index (κ2) is 6.05. The van der Waals surface area contributed by atoms with Crippen molar-refractivity contribution in [3.63, 3.8) is 0 Å². The number of likely N-dealkylation sites (N-methyl/N-ethyl adjacent to an activating group) is 1. The minimum Gasteiger partial charge on any atom is -0.365 e. The van der Waals surface area contributed by atoms with E-state index in [9.17, 15) is 13.6 Å². The summed E-state index contributed by atoms with van der Waals surface area (Å²) in [6.45, 7) is 3.58. The van der Waals surface area contributed by atoms with Gasteiger partial charge in [-0.15, -0.1) is 0 Å². The summed E-state index contributed by atoms with van der Waals surface area (Å²) in [5.74, 6) is -3.36. The molecule has 4 nitrogen and oxygen atoms in total. The molecule has 2 aliphatic rings. The summed E-state index contributed by atoms with van der Waals surface area (Å²) in [4.78, 5) is 13.6. The van der Waals surface area contributed by atoms with Crippen LogP contribution < -0.4 is 15.6 Å². The Kier molecular flexibility index (Phi) is 3.98. The Balaban J connectivity index is 1.91. The minimum atomic E-state index is -1.27. The van der Waals surface area contributed by atoms with Crippen LogP contribution in [0.25, 0.3) is 10.9 Å². The first-order valence-corrected chi connectivity index (χ1v) is 8.72. The van der Waals surface area contributed by atoms with Crippen LogP contribution in [-0.4, -0.2) is 30.2 Å². The Bertz CT molecular complexity index is 891. The predicted molar refractivity (Wildman–Crippen MR) is 90.6 cm³/mol. The molecule has 1 N–H and O–H groups in total. The van der Waals surface area contributed by atoms with Gasteiger partial charge in [-0.05, 0) is 25.8 Å².